The first-order chi connectivity index (χ1) is 14.2. The Hall–Kier alpha value is -3.11. The summed E-state index contributed by atoms with van der Waals surface area (Å²) in [6.07, 6.45) is 0.409. The predicted molar refractivity (Wildman–Crippen MR) is 112 cm³/mol. The molecule has 3 aromatic rings. The molecule has 1 unspecified atom stereocenters. The largest absolute Gasteiger partial charge is 0.494 e. The van der Waals surface area contributed by atoms with Gasteiger partial charge in [-0.15, -0.1) is 0 Å². The maximum absolute atomic E-state index is 11.1. The summed E-state index contributed by atoms with van der Waals surface area (Å²) in [5, 5.41) is 9.10. The summed E-state index contributed by atoms with van der Waals surface area (Å²) in [6.45, 7) is 0.614. The summed E-state index contributed by atoms with van der Waals surface area (Å²) in [5.74, 6) is 0.183. The van der Waals surface area contributed by atoms with Crippen molar-refractivity contribution in [2.45, 2.75) is 24.9 Å². The zero-order valence-corrected chi connectivity index (χ0v) is 16.4. The van der Waals surface area contributed by atoms with E-state index in [1.165, 1.54) is 29.4 Å². The van der Waals surface area contributed by atoms with Crippen molar-refractivity contribution in [1.29, 1.82) is 0 Å². The Labute approximate surface area is 170 Å². The number of carbonyl (C=O) groups is 1. The standard InChI is InChI=1S/C25H24O4/c1-28-24(25(26)27)16-17-10-12-18(13-11-17)29-15-14-23-21-8-4-2-6-19(21)20-7-3-5-9-22(20)23/h2-13,23-24H,14-16H2,1H3,(H,26,27). The lowest BCUT2D eigenvalue weighted by molar-refractivity contribution is -0.148. The summed E-state index contributed by atoms with van der Waals surface area (Å²) in [7, 11) is 1.41. The van der Waals surface area contributed by atoms with Crippen LogP contribution in [0.4, 0.5) is 0 Å². The zero-order valence-electron chi connectivity index (χ0n) is 16.4. The highest BCUT2D eigenvalue weighted by Gasteiger charge is 2.27. The quantitative estimate of drug-likeness (QED) is 0.596. The highest BCUT2D eigenvalue weighted by molar-refractivity contribution is 5.78. The molecule has 0 radical (unpaired) electrons. The average Bonchev–Trinajstić information content (AvgIpc) is 3.07. The third kappa shape index (κ3) is 4.03. The molecule has 0 fully saturated rings. The lowest BCUT2D eigenvalue weighted by atomic mass is 9.94. The van der Waals surface area contributed by atoms with Crippen LogP contribution in [0.2, 0.25) is 0 Å². The number of ether oxygens (including phenoxy) is 2. The molecule has 0 saturated heterocycles. The van der Waals surface area contributed by atoms with E-state index in [9.17, 15) is 4.79 Å². The van der Waals surface area contributed by atoms with Crippen LogP contribution in [0.1, 0.15) is 29.0 Å². The van der Waals surface area contributed by atoms with Gasteiger partial charge in [0.2, 0.25) is 0 Å². The molecule has 0 spiro atoms. The number of benzene rings is 3. The van der Waals surface area contributed by atoms with Gasteiger partial charge in [0, 0.05) is 19.4 Å². The SMILES string of the molecule is COC(Cc1ccc(OCCC2c3ccccc3-c3ccccc32)cc1)C(=O)O. The van der Waals surface area contributed by atoms with Crippen LogP contribution in [0.5, 0.6) is 5.75 Å². The third-order valence-corrected chi connectivity index (χ3v) is 5.54. The van der Waals surface area contributed by atoms with Crippen molar-refractivity contribution in [2.24, 2.45) is 0 Å². The number of rotatable bonds is 8. The second kappa shape index (κ2) is 8.50. The van der Waals surface area contributed by atoms with Gasteiger partial charge in [-0.25, -0.2) is 4.79 Å². The first-order valence-electron chi connectivity index (χ1n) is 9.83. The van der Waals surface area contributed by atoms with Gasteiger partial charge in [0.15, 0.2) is 6.10 Å². The van der Waals surface area contributed by atoms with E-state index < -0.39 is 12.1 Å². The molecule has 1 aliphatic rings. The topological polar surface area (TPSA) is 55.8 Å². The molecule has 0 heterocycles. The normalized spacial score (nSPS) is 13.6. The molecule has 29 heavy (non-hydrogen) atoms. The van der Waals surface area contributed by atoms with Crippen LogP contribution in [0.3, 0.4) is 0 Å². The maximum atomic E-state index is 11.1. The third-order valence-electron chi connectivity index (χ3n) is 5.54. The molecule has 0 bridgehead atoms. The predicted octanol–water partition coefficient (Wildman–Crippen LogP) is 4.91. The van der Waals surface area contributed by atoms with Crippen LogP contribution >= 0.6 is 0 Å². The smallest absolute Gasteiger partial charge is 0.333 e. The Kier molecular flexibility index (Phi) is 5.63. The van der Waals surface area contributed by atoms with Crippen molar-refractivity contribution in [3.63, 3.8) is 0 Å². The minimum absolute atomic E-state index is 0.335. The van der Waals surface area contributed by atoms with Crippen LogP contribution < -0.4 is 4.74 Å². The van der Waals surface area contributed by atoms with Gasteiger partial charge in [-0.1, -0.05) is 60.7 Å². The Morgan fingerprint density at radius 2 is 1.52 bits per heavy atom. The Bertz CT molecular complexity index is 948. The Balaban J connectivity index is 1.39. The van der Waals surface area contributed by atoms with Crippen LogP contribution in [0, 0.1) is 0 Å². The highest BCUT2D eigenvalue weighted by Crippen LogP contribution is 2.45. The molecular formula is C25H24O4. The molecule has 3 aromatic carbocycles. The summed E-state index contributed by atoms with van der Waals surface area (Å²) in [6, 6.07) is 24.8. The molecule has 1 aliphatic carbocycles. The van der Waals surface area contributed by atoms with Crippen molar-refractivity contribution >= 4 is 5.97 Å². The number of aliphatic carboxylic acids is 1. The second-order valence-electron chi connectivity index (χ2n) is 7.27. The lowest BCUT2D eigenvalue weighted by Crippen LogP contribution is -2.24. The average molecular weight is 388 g/mol. The number of methoxy groups -OCH3 is 1. The number of hydrogen-bond donors (Lipinski definition) is 1. The van der Waals surface area contributed by atoms with Gasteiger partial charge in [-0.3, -0.25) is 0 Å². The monoisotopic (exact) mass is 388 g/mol. The van der Waals surface area contributed by atoms with Gasteiger partial charge in [-0.05, 0) is 46.4 Å². The summed E-state index contributed by atoms with van der Waals surface area (Å²) in [4.78, 5) is 11.1. The van der Waals surface area contributed by atoms with Crippen molar-refractivity contribution in [3.8, 4) is 16.9 Å². The van der Waals surface area contributed by atoms with Crippen LogP contribution in [-0.2, 0) is 16.0 Å². The maximum Gasteiger partial charge on any atom is 0.333 e. The van der Waals surface area contributed by atoms with Crippen molar-refractivity contribution in [3.05, 3.63) is 89.5 Å². The lowest BCUT2D eigenvalue weighted by Gasteiger charge is -2.15. The first kappa shape index (κ1) is 19.2. The van der Waals surface area contributed by atoms with E-state index in [1.807, 2.05) is 24.3 Å². The van der Waals surface area contributed by atoms with E-state index >= 15 is 0 Å². The molecule has 0 saturated carbocycles. The van der Waals surface area contributed by atoms with Gasteiger partial charge in [0.05, 0.1) is 6.61 Å². The molecule has 1 atom stereocenters. The van der Waals surface area contributed by atoms with Gasteiger partial charge < -0.3 is 14.6 Å². The van der Waals surface area contributed by atoms with Crippen LogP contribution in [0.25, 0.3) is 11.1 Å². The second-order valence-corrected chi connectivity index (χ2v) is 7.27. The van der Waals surface area contributed by atoms with Gasteiger partial charge >= 0.3 is 5.97 Å². The summed E-state index contributed by atoms with van der Waals surface area (Å²) >= 11 is 0. The van der Waals surface area contributed by atoms with Gasteiger partial charge in [-0.2, -0.15) is 0 Å². The molecule has 4 rings (SSSR count). The molecule has 0 amide bonds. The fraction of sp³-hybridized carbons (Fsp3) is 0.240. The van der Waals surface area contributed by atoms with Crippen molar-refractivity contribution < 1.29 is 19.4 Å². The first-order valence-corrected chi connectivity index (χ1v) is 9.83. The molecule has 1 N–H and O–H groups in total. The Morgan fingerprint density at radius 3 is 2.07 bits per heavy atom. The number of carboxylic acids is 1. The van der Waals surface area contributed by atoms with Gasteiger partial charge in [0.25, 0.3) is 0 Å². The van der Waals surface area contributed by atoms with E-state index in [0.29, 0.717) is 18.9 Å². The molecule has 4 heteroatoms. The van der Waals surface area contributed by atoms with Crippen molar-refractivity contribution in [1.82, 2.24) is 0 Å². The molecular weight excluding hydrogens is 364 g/mol. The number of fused-ring (bicyclic) bond motifs is 3. The minimum atomic E-state index is -0.954. The molecule has 0 aromatic heterocycles. The van der Waals surface area contributed by atoms with E-state index in [4.69, 9.17) is 14.6 Å². The van der Waals surface area contributed by atoms with Crippen LogP contribution in [-0.4, -0.2) is 30.9 Å². The molecule has 4 nitrogen and oxygen atoms in total. The zero-order chi connectivity index (χ0) is 20.2. The fourth-order valence-corrected chi connectivity index (χ4v) is 4.07. The highest BCUT2D eigenvalue weighted by atomic mass is 16.5. The fourth-order valence-electron chi connectivity index (χ4n) is 4.07. The molecule has 148 valence electrons. The van der Waals surface area contributed by atoms with E-state index in [0.717, 1.165) is 17.7 Å². The minimum Gasteiger partial charge on any atom is -0.494 e. The van der Waals surface area contributed by atoms with Crippen LogP contribution in [0.15, 0.2) is 72.8 Å². The van der Waals surface area contributed by atoms with Gasteiger partial charge in [0.1, 0.15) is 5.75 Å². The number of hydrogen-bond acceptors (Lipinski definition) is 3. The summed E-state index contributed by atoms with van der Waals surface area (Å²) < 4.78 is 11.0. The van der Waals surface area contributed by atoms with E-state index in [-0.39, 0.29) is 0 Å². The number of carboxylic acid groups (broad SMARTS) is 1. The summed E-state index contributed by atoms with van der Waals surface area (Å²) in [5.41, 5.74) is 6.29. The Morgan fingerprint density at radius 1 is 0.931 bits per heavy atom. The van der Waals surface area contributed by atoms with Crippen molar-refractivity contribution in [2.75, 3.05) is 13.7 Å². The van der Waals surface area contributed by atoms with E-state index in [1.54, 1.807) is 0 Å². The molecule has 0 aliphatic heterocycles. The van der Waals surface area contributed by atoms with E-state index in [2.05, 4.69) is 48.5 Å².